The Hall–Kier alpha value is -1.12. The summed E-state index contributed by atoms with van der Waals surface area (Å²) in [5.74, 6) is 0. The fourth-order valence-electron chi connectivity index (χ4n) is 2.81. The molecule has 0 saturated carbocycles. The molecular weight excluding hydrogens is 315 g/mol. The number of aromatic nitrogens is 2. The van der Waals surface area contributed by atoms with E-state index in [2.05, 4.69) is 8.75 Å². The fourth-order valence-corrected chi connectivity index (χ4v) is 3.38. The molecule has 0 unspecified atom stereocenters. The highest BCUT2D eigenvalue weighted by Crippen LogP contribution is 2.32. The average Bonchev–Trinajstić information content (AvgIpc) is 2.86. The number of alkyl halides is 3. The fraction of sp³-hybridized carbons (Fsp3) is 0.500. The highest BCUT2D eigenvalue weighted by Gasteiger charge is 2.43. The van der Waals surface area contributed by atoms with Gasteiger partial charge in [-0.05, 0) is 17.9 Å². The van der Waals surface area contributed by atoms with Gasteiger partial charge in [-0.2, -0.15) is 21.9 Å². The van der Waals surface area contributed by atoms with Gasteiger partial charge < -0.3 is 9.31 Å². The van der Waals surface area contributed by atoms with Crippen molar-refractivity contribution in [1.29, 1.82) is 0 Å². The van der Waals surface area contributed by atoms with Crippen molar-refractivity contribution in [2.45, 2.75) is 26.7 Å². The highest BCUT2D eigenvalue weighted by atomic mass is 32.1. The minimum absolute atomic E-state index is 0.106. The molecule has 2 rings (SSSR count). The van der Waals surface area contributed by atoms with Crippen molar-refractivity contribution in [3.63, 3.8) is 0 Å². The van der Waals surface area contributed by atoms with Crippen molar-refractivity contribution in [2.75, 3.05) is 14.2 Å². The van der Waals surface area contributed by atoms with Gasteiger partial charge in [0.2, 0.25) is 0 Å². The summed E-state index contributed by atoms with van der Waals surface area (Å²) < 4.78 is 59.4. The normalized spacial score (nSPS) is 12.0. The summed E-state index contributed by atoms with van der Waals surface area (Å²) in [6.45, 7) is 5.03. The first-order chi connectivity index (χ1) is 10.2. The van der Waals surface area contributed by atoms with Gasteiger partial charge in [0.05, 0.1) is 22.8 Å². The van der Waals surface area contributed by atoms with E-state index >= 15 is 0 Å². The Labute approximate surface area is 131 Å². The number of benzene rings is 1. The van der Waals surface area contributed by atoms with E-state index in [9.17, 15) is 13.2 Å². The molecule has 0 atom stereocenters. The highest BCUT2D eigenvalue weighted by molar-refractivity contribution is 7.00. The van der Waals surface area contributed by atoms with Gasteiger partial charge in [0.1, 0.15) is 5.52 Å². The van der Waals surface area contributed by atoms with E-state index in [-0.39, 0.29) is 23.3 Å². The number of halogens is 3. The standard InChI is InChI=1S/C12H15B2F3N2O2S/c1-6-7(12(15,16)17)9(14(20-4)21-5)11-10(18-22-19-11)8(6)13(2)3/h1-5H3. The third kappa shape index (κ3) is 2.75. The van der Waals surface area contributed by atoms with Gasteiger partial charge in [0, 0.05) is 19.7 Å². The van der Waals surface area contributed by atoms with Crippen LogP contribution in [-0.4, -0.2) is 36.8 Å². The number of fused-ring (bicyclic) bond motifs is 1. The van der Waals surface area contributed by atoms with Crippen LogP contribution in [0.3, 0.4) is 0 Å². The first kappa shape index (κ1) is 17.2. The van der Waals surface area contributed by atoms with Crippen molar-refractivity contribution in [3.8, 4) is 0 Å². The lowest BCUT2D eigenvalue weighted by molar-refractivity contribution is -0.137. The Morgan fingerprint density at radius 3 is 1.91 bits per heavy atom. The Morgan fingerprint density at radius 2 is 1.50 bits per heavy atom. The molecule has 0 aliphatic heterocycles. The maximum absolute atomic E-state index is 13.7. The molecule has 4 nitrogen and oxygen atoms in total. The second-order valence-corrected chi connectivity index (χ2v) is 5.77. The zero-order valence-electron chi connectivity index (χ0n) is 12.9. The van der Waals surface area contributed by atoms with Gasteiger partial charge in [-0.1, -0.05) is 13.6 Å². The third-order valence-electron chi connectivity index (χ3n) is 3.57. The van der Waals surface area contributed by atoms with Gasteiger partial charge in [-0.3, -0.25) is 0 Å². The number of hydrogen-bond acceptors (Lipinski definition) is 5. The van der Waals surface area contributed by atoms with Crippen molar-refractivity contribution < 1.29 is 22.5 Å². The van der Waals surface area contributed by atoms with Crippen LogP contribution in [0.4, 0.5) is 13.2 Å². The molecule has 0 aliphatic rings. The van der Waals surface area contributed by atoms with Crippen LogP contribution in [0, 0.1) is 6.92 Å². The summed E-state index contributed by atoms with van der Waals surface area (Å²) in [4.78, 5) is 0. The topological polar surface area (TPSA) is 44.2 Å². The molecule has 0 radical (unpaired) electrons. The predicted octanol–water partition coefficient (Wildman–Crippen LogP) is 1.97. The molecule has 0 aliphatic carbocycles. The van der Waals surface area contributed by atoms with Crippen LogP contribution in [0.15, 0.2) is 0 Å². The summed E-state index contributed by atoms with van der Waals surface area (Å²) in [6.07, 6.45) is -4.53. The summed E-state index contributed by atoms with van der Waals surface area (Å²) >= 11 is 0.887. The molecule has 0 spiro atoms. The molecule has 0 fully saturated rings. The first-order valence-electron chi connectivity index (χ1n) is 6.65. The van der Waals surface area contributed by atoms with E-state index in [1.54, 1.807) is 0 Å². The molecule has 1 aromatic carbocycles. The Morgan fingerprint density at radius 1 is 1.00 bits per heavy atom. The van der Waals surface area contributed by atoms with E-state index in [1.807, 2.05) is 13.6 Å². The Balaban J connectivity index is 2.98. The molecule has 118 valence electrons. The van der Waals surface area contributed by atoms with Gasteiger partial charge in [-0.15, -0.1) is 0 Å². The maximum Gasteiger partial charge on any atom is 0.496 e. The number of rotatable bonds is 4. The lowest BCUT2D eigenvalue weighted by atomic mass is 9.47. The van der Waals surface area contributed by atoms with Crippen LogP contribution in [0.5, 0.6) is 0 Å². The van der Waals surface area contributed by atoms with Crippen molar-refractivity contribution in [1.82, 2.24) is 8.75 Å². The average molecular weight is 330 g/mol. The molecule has 0 amide bonds. The van der Waals surface area contributed by atoms with Crippen LogP contribution < -0.4 is 10.9 Å². The van der Waals surface area contributed by atoms with Gasteiger partial charge in [0.15, 0.2) is 6.71 Å². The second kappa shape index (κ2) is 6.17. The third-order valence-corrected chi connectivity index (χ3v) is 4.10. The molecule has 0 bridgehead atoms. The first-order valence-corrected chi connectivity index (χ1v) is 7.38. The molecule has 22 heavy (non-hydrogen) atoms. The van der Waals surface area contributed by atoms with Crippen LogP contribution in [-0.2, 0) is 15.5 Å². The van der Waals surface area contributed by atoms with Gasteiger partial charge in [-0.25, -0.2) is 0 Å². The van der Waals surface area contributed by atoms with Crippen molar-refractivity contribution in [3.05, 3.63) is 11.1 Å². The summed E-state index contributed by atoms with van der Waals surface area (Å²) in [5.41, 5.74) is 0.538. The maximum atomic E-state index is 13.7. The van der Waals surface area contributed by atoms with E-state index in [4.69, 9.17) is 9.31 Å². The van der Waals surface area contributed by atoms with Crippen molar-refractivity contribution in [2.24, 2.45) is 0 Å². The summed E-state index contributed by atoms with van der Waals surface area (Å²) in [5, 5.41) is 0. The molecule has 1 aromatic heterocycles. The molecule has 10 heteroatoms. The number of hydrogen-bond donors (Lipinski definition) is 0. The van der Waals surface area contributed by atoms with Crippen LogP contribution in [0.2, 0.25) is 13.6 Å². The smallest absolute Gasteiger partial charge is 0.410 e. The lowest BCUT2D eigenvalue weighted by Gasteiger charge is -2.22. The Bertz CT molecular complexity index is 687. The summed E-state index contributed by atoms with van der Waals surface area (Å²) in [6, 6.07) is 0. The van der Waals surface area contributed by atoms with E-state index in [1.165, 1.54) is 21.1 Å². The van der Waals surface area contributed by atoms with E-state index < -0.39 is 18.9 Å². The zero-order valence-corrected chi connectivity index (χ0v) is 13.7. The van der Waals surface area contributed by atoms with Crippen LogP contribution in [0.25, 0.3) is 11.0 Å². The lowest BCUT2D eigenvalue weighted by Crippen LogP contribution is -2.44. The van der Waals surface area contributed by atoms with Crippen LogP contribution in [0.1, 0.15) is 11.1 Å². The Kier molecular flexibility index (Phi) is 4.84. The molecule has 1 heterocycles. The minimum Gasteiger partial charge on any atom is -0.410 e. The monoisotopic (exact) mass is 330 g/mol. The summed E-state index contributed by atoms with van der Waals surface area (Å²) in [7, 11) is 1.44. The molecular formula is C12H15B2F3N2O2S. The SMILES string of the molecule is COB(OC)c1c(C(F)(F)F)c(C)c(B(C)C)c2nsnc12. The zero-order chi connectivity index (χ0) is 16.7. The second-order valence-electron chi connectivity index (χ2n) is 5.24. The van der Waals surface area contributed by atoms with E-state index in [0.717, 1.165) is 11.7 Å². The van der Waals surface area contributed by atoms with Crippen molar-refractivity contribution >= 4 is 47.5 Å². The molecule has 0 saturated heterocycles. The predicted molar refractivity (Wildman–Crippen MR) is 83.7 cm³/mol. The minimum atomic E-state index is -4.53. The largest absolute Gasteiger partial charge is 0.496 e. The number of nitrogens with zero attached hydrogens (tertiary/aromatic N) is 2. The van der Waals surface area contributed by atoms with Crippen LogP contribution >= 0.6 is 11.7 Å². The quantitative estimate of drug-likeness (QED) is 0.804. The molecule has 0 N–H and O–H groups in total. The van der Waals surface area contributed by atoms with Gasteiger partial charge >= 0.3 is 13.3 Å². The van der Waals surface area contributed by atoms with E-state index in [0.29, 0.717) is 11.0 Å². The van der Waals surface area contributed by atoms with Gasteiger partial charge in [0.25, 0.3) is 0 Å². The molecule has 2 aromatic rings.